The smallest absolute Gasteiger partial charge is 0.303 e. The quantitative estimate of drug-likeness (QED) is 0.00722. The van der Waals surface area contributed by atoms with Gasteiger partial charge >= 0.3 is 29.8 Å². The summed E-state index contributed by atoms with van der Waals surface area (Å²) in [7, 11) is 1.27. The number of benzene rings is 1. The predicted octanol–water partition coefficient (Wildman–Crippen LogP) is -5.72. The molecule has 22 N–H and O–H groups in total. The number of amides is 15. The number of aliphatic carboxylic acids is 5. The summed E-state index contributed by atoms with van der Waals surface area (Å²) in [4.78, 5) is 288. The minimum atomic E-state index is -2.04. The lowest BCUT2D eigenvalue weighted by Crippen LogP contribution is -2.60. The van der Waals surface area contributed by atoms with Crippen LogP contribution in [0, 0.1) is 11.3 Å². The van der Waals surface area contributed by atoms with Crippen molar-refractivity contribution >= 4 is 148 Å². The Morgan fingerprint density at radius 2 is 0.984 bits per heavy atom. The number of ketones is 1. The first kappa shape index (κ1) is 106. The number of nitrogens with two attached hydrogens (primary N) is 1. The SMILES string of the molecule is CSCC(NC(=O)CNC(=O)[C@H](CC(C)C)NC(=O)C1CCCN1C(=O)COCCNC(=O)C(Cc1ccc(C(C)=O)cc1)NC(=O)C(CCC(=O)O)NC(=O)C(CCC(=O)O)NC(=O)C(CCC(=O)O)NC(=O)C(CCC(=O)O)NC(=O)C(CCC(=O)O)NC(=O)CCN(C)C(=O)/C=C\C=O)C(=O)N[C@@H](C)C(=O)NCC(=O)N[C@@H](C)CCCNC(=N)N. The summed E-state index contributed by atoms with van der Waals surface area (Å²) >= 11 is 1.19. The van der Waals surface area contributed by atoms with Crippen LogP contribution >= 0.6 is 11.8 Å². The van der Waals surface area contributed by atoms with Gasteiger partial charge in [-0.1, -0.05) is 38.1 Å². The van der Waals surface area contributed by atoms with Crippen LogP contribution in [-0.2, 0) is 112 Å². The Kier molecular flexibility index (Phi) is 49.1. The van der Waals surface area contributed by atoms with Crippen molar-refractivity contribution in [1.29, 1.82) is 5.41 Å². The molecule has 0 radical (unpaired) electrons. The van der Waals surface area contributed by atoms with E-state index in [-0.39, 0.29) is 80.5 Å². The van der Waals surface area contributed by atoms with Crippen LogP contribution in [0.1, 0.15) is 153 Å². The number of guanidine groups is 1. The molecule has 1 aliphatic heterocycles. The molecule has 0 spiro atoms. The Bertz CT molecular complexity index is 3940. The number of thioether (sulfide) groups is 1. The van der Waals surface area contributed by atoms with Gasteiger partial charge in [-0.05, 0) is 109 Å². The molecule has 123 heavy (non-hydrogen) atoms. The second kappa shape index (κ2) is 56.7. The minimum absolute atomic E-state index is 0.0431. The van der Waals surface area contributed by atoms with E-state index in [1.54, 1.807) is 27.0 Å². The third-order valence-corrected chi connectivity index (χ3v) is 19.0. The summed E-state index contributed by atoms with van der Waals surface area (Å²) in [6.07, 6.45) is -3.49. The van der Waals surface area contributed by atoms with Crippen LogP contribution in [0.5, 0.6) is 0 Å². The van der Waals surface area contributed by atoms with E-state index < -0.39 is 269 Å². The van der Waals surface area contributed by atoms with Gasteiger partial charge in [0, 0.05) is 102 Å². The maximum absolute atomic E-state index is 14.4. The summed E-state index contributed by atoms with van der Waals surface area (Å²) in [6.45, 7) is 5.71. The standard InChI is InChI=1S/C76H114N18O28S/c1-41(2)35-52(68(114)82-38-58(99)86-54(40-123-7)74(120)84-43(4)66(112)81-37-57(98)83-42(3)11-8-29-80-76(77)78)92-75(121)55-12-9-31-94(55)60(101)39-122-34-30-79-67(113)53(36-45-14-16-46(17-15-45)44(5)96)91-73(119)51(22-27-65(110)111)90-72(118)50(21-26-64(108)109)89-71(117)49(20-25-63(106)107)88-70(116)48(19-24-62(104)105)87-69(115)47(18-23-61(102)103)85-56(97)28-32-93(6)59(100)13-10-33-95/h10,13-17,33,41-43,47-55H,8-9,11-12,18-32,34-40H2,1-7H3,(H,79,113)(H,81,112)(H,82,114)(H,83,98)(H,84,120)(H,85,97)(H,86,99)(H,87,115)(H,88,116)(H,89,117)(H,90,118)(H,91,119)(H,92,121)(H,102,103)(H,104,105)(H,106,107)(H,108,109)(H,110,111)(H4,77,78,80)/b13-10-/t42-,43-,47?,48?,49?,50?,51?,52-,53?,54?,55?/m0/s1. The van der Waals surface area contributed by atoms with Gasteiger partial charge in [0.1, 0.15) is 73.3 Å². The van der Waals surface area contributed by atoms with Crippen molar-refractivity contribution in [3.05, 3.63) is 47.5 Å². The van der Waals surface area contributed by atoms with Gasteiger partial charge in [0.05, 0.1) is 19.7 Å². The van der Waals surface area contributed by atoms with Crippen LogP contribution in [0.25, 0.3) is 0 Å². The molecule has 46 nitrogen and oxygen atoms in total. The Hall–Kier alpha value is -12.7. The lowest BCUT2D eigenvalue weighted by Gasteiger charge is -2.27. The number of nitrogens with zero attached hydrogens (tertiary/aromatic N) is 2. The topological polar surface area (TPSA) is 711 Å². The van der Waals surface area contributed by atoms with Crippen molar-refractivity contribution < 1.29 is 136 Å². The molecule has 0 aliphatic carbocycles. The van der Waals surface area contributed by atoms with Gasteiger partial charge in [-0.2, -0.15) is 11.8 Å². The number of nitrogens with one attached hydrogen (secondary N) is 15. The van der Waals surface area contributed by atoms with Crippen LogP contribution in [0.2, 0.25) is 0 Å². The fourth-order valence-corrected chi connectivity index (χ4v) is 12.4. The van der Waals surface area contributed by atoms with Crippen molar-refractivity contribution in [2.24, 2.45) is 11.7 Å². The monoisotopic (exact) mass is 1760 g/mol. The van der Waals surface area contributed by atoms with Gasteiger partial charge in [0.15, 0.2) is 11.7 Å². The lowest BCUT2D eigenvalue weighted by molar-refractivity contribution is -0.142. The van der Waals surface area contributed by atoms with E-state index in [1.165, 1.54) is 61.8 Å². The highest BCUT2D eigenvalue weighted by Gasteiger charge is 2.39. The molecule has 47 heteroatoms. The number of hydrogen-bond acceptors (Lipinski definition) is 25. The number of carbonyl (C=O) groups is 22. The molecule has 1 fully saturated rings. The van der Waals surface area contributed by atoms with E-state index in [1.807, 2.05) is 0 Å². The molecule has 682 valence electrons. The number of rotatable bonds is 60. The molecule has 0 aromatic heterocycles. The zero-order chi connectivity index (χ0) is 92.6. The summed E-state index contributed by atoms with van der Waals surface area (Å²) in [6, 6.07) is -10.6. The average Bonchev–Trinajstić information content (AvgIpc) is 1.72. The molecule has 2 rings (SSSR count). The Balaban J connectivity index is 2.31. The number of aldehydes is 1. The number of ether oxygens (including phenoxy) is 1. The third-order valence-electron chi connectivity index (χ3n) is 18.3. The Morgan fingerprint density at radius 3 is 1.44 bits per heavy atom. The maximum atomic E-state index is 14.4. The molecule has 8 unspecified atom stereocenters. The Morgan fingerprint density at radius 1 is 0.537 bits per heavy atom. The normalized spacial score (nSPS) is 14.6. The van der Waals surface area contributed by atoms with Crippen LogP contribution in [0.3, 0.4) is 0 Å². The van der Waals surface area contributed by atoms with E-state index in [0.29, 0.717) is 37.7 Å². The highest BCUT2D eigenvalue weighted by molar-refractivity contribution is 7.98. The first-order valence-corrected chi connectivity index (χ1v) is 40.7. The van der Waals surface area contributed by atoms with E-state index in [4.69, 9.17) is 15.9 Å². The van der Waals surface area contributed by atoms with Crippen LogP contribution in [0.15, 0.2) is 36.4 Å². The molecule has 1 heterocycles. The number of Topliss-reactive ketones (excluding diaryl/α,β-unsaturated/α-hetero) is 1. The van der Waals surface area contributed by atoms with Crippen LogP contribution in [0.4, 0.5) is 0 Å². The number of likely N-dealkylation sites (tertiary alicyclic amines) is 1. The fourth-order valence-electron chi connectivity index (χ4n) is 11.8. The molecular formula is C76H114N18O28S. The summed E-state index contributed by atoms with van der Waals surface area (Å²) in [5.74, 6) is -22.5. The fraction of sp³-hybridized carbons (Fsp3) is 0.592. The van der Waals surface area contributed by atoms with Crippen molar-refractivity contribution in [2.75, 3.05) is 71.5 Å². The van der Waals surface area contributed by atoms with Crippen molar-refractivity contribution in [2.45, 2.75) is 210 Å². The second-order valence-electron chi connectivity index (χ2n) is 29.0. The van der Waals surface area contributed by atoms with Crippen molar-refractivity contribution in [3.63, 3.8) is 0 Å². The Labute approximate surface area is 711 Å². The summed E-state index contributed by atoms with van der Waals surface area (Å²) < 4.78 is 5.62. The number of carboxylic acid groups (broad SMARTS) is 5. The van der Waals surface area contributed by atoms with Gasteiger partial charge in [-0.25, -0.2) is 0 Å². The van der Waals surface area contributed by atoms with Gasteiger partial charge < -0.3 is 120 Å². The third kappa shape index (κ3) is 43.9. The predicted molar refractivity (Wildman–Crippen MR) is 434 cm³/mol. The number of likely N-dealkylation sites (N-methyl/N-ethyl adjacent to an activating group) is 1. The highest BCUT2D eigenvalue weighted by atomic mass is 32.2. The summed E-state index contributed by atoms with van der Waals surface area (Å²) in [5, 5.41) is 89.3. The van der Waals surface area contributed by atoms with Gasteiger partial charge in [-0.3, -0.25) is 111 Å². The number of carboxylic acids is 5. The van der Waals surface area contributed by atoms with Gasteiger partial charge in [-0.15, -0.1) is 0 Å². The number of carbonyl (C=O) groups excluding carboxylic acids is 17. The molecule has 0 saturated carbocycles. The molecular weight excluding hydrogens is 1650 g/mol. The molecule has 15 amide bonds. The van der Waals surface area contributed by atoms with Crippen LogP contribution < -0.4 is 80.2 Å². The van der Waals surface area contributed by atoms with Crippen molar-refractivity contribution in [1.82, 2.24) is 84.2 Å². The summed E-state index contributed by atoms with van der Waals surface area (Å²) in [5.41, 5.74) is 5.85. The first-order valence-electron chi connectivity index (χ1n) is 39.3. The van der Waals surface area contributed by atoms with E-state index in [9.17, 15) is 131 Å². The van der Waals surface area contributed by atoms with E-state index in [0.717, 1.165) is 17.1 Å². The first-order chi connectivity index (χ1) is 57.9. The average molecular weight is 1760 g/mol. The number of hydrogen-bond donors (Lipinski definition) is 21. The molecule has 1 aromatic carbocycles. The maximum Gasteiger partial charge on any atom is 0.303 e. The van der Waals surface area contributed by atoms with Crippen LogP contribution in [-0.4, -0.2) is 310 Å². The molecule has 1 aromatic rings. The van der Waals surface area contributed by atoms with Crippen molar-refractivity contribution in [3.8, 4) is 0 Å². The lowest BCUT2D eigenvalue weighted by atomic mass is 10.0. The molecule has 1 saturated heterocycles. The largest absolute Gasteiger partial charge is 0.481 e. The molecule has 11 atom stereocenters. The highest BCUT2D eigenvalue weighted by Crippen LogP contribution is 2.20. The number of allylic oxidation sites excluding steroid dienone is 1. The molecule has 1 aliphatic rings. The minimum Gasteiger partial charge on any atom is -0.481 e. The van der Waals surface area contributed by atoms with Gasteiger partial charge in [0.25, 0.3) is 0 Å². The van der Waals surface area contributed by atoms with Gasteiger partial charge in [0.2, 0.25) is 88.6 Å². The van der Waals surface area contributed by atoms with E-state index in [2.05, 4.69) is 74.4 Å². The molecule has 0 bridgehead atoms. The second-order valence-corrected chi connectivity index (χ2v) is 29.9. The zero-order valence-electron chi connectivity index (χ0n) is 69.4. The van der Waals surface area contributed by atoms with E-state index >= 15 is 0 Å². The zero-order valence-corrected chi connectivity index (χ0v) is 70.2.